The minimum Gasteiger partial charge on any atom is -0.507 e. The molecule has 0 aliphatic rings. The third kappa shape index (κ3) is 2.65. The zero-order valence-electron chi connectivity index (χ0n) is 13.6. The van der Waals surface area contributed by atoms with Gasteiger partial charge >= 0.3 is 0 Å². The molecule has 0 saturated carbocycles. The summed E-state index contributed by atoms with van der Waals surface area (Å²) in [5, 5.41) is 23.2. The number of rotatable bonds is 4. The molecule has 0 fully saturated rings. The van der Waals surface area contributed by atoms with Crippen molar-refractivity contribution in [1.29, 1.82) is 0 Å². The number of para-hydroxylation sites is 2. The molecule has 2 heterocycles. The van der Waals surface area contributed by atoms with Gasteiger partial charge in [0.1, 0.15) is 11.3 Å². The van der Waals surface area contributed by atoms with Crippen molar-refractivity contribution in [2.24, 2.45) is 5.10 Å². The Balaban J connectivity index is 1.69. The van der Waals surface area contributed by atoms with Crippen molar-refractivity contribution >= 4 is 34.2 Å². The Kier molecular flexibility index (Phi) is 3.74. The molecule has 4 rings (SSSR count). The predicted octanol–water partition coefficient (Wildman–Crippen LogP) is 3.15. The lowest BCUT2D eigenvalue weighted by atomic mass is 10.2. The Morgan fingerprint density at radius 3 is 2.76 bits per heavy atom. The second kappa shape index (κ2) is 6.20. The summed E-state index contributed by atoms with van der Waals surface area (Å²) < 4.78 is 2.09. The van der Waals surface area contributed by atoms with Gasteiger partial charge in [0, 0.05) is 17.5 Å². The van der Waals surface area contributed by atoms with E-state index >= 15 is 0 Å². The summed E-state index contributed by atoms with van der Waals surface area (Å²) >= 11 is 0. The average Bonchev–Trinajstić information content (AvgIpc) is 2.96. The summed E-state index contributed by atoms with van der Waals surface area (Å²) in [5.74, 6) is 0.463. The molecule has 124 valence electrons. The molecule has 25 heavy (non-hydrogen) atoms. The Bertz CT molecular complexity index is 1090. The van der Waals surface area contributed by atoms with Crippen LogP contribution in [-0.4, -0.2) is 31.1 Å². The molecule has 0 unspecified atom stereocenters. The van der Waals surface area contributed by atoms with Crippen molar-refractivity contribution in [3.63, 3.8) is 0 Å². The smallest absolute Gasteiger partial charge is 0.265 e. The number of hydrogen-bond acceptors (Lipinski definition) is 6. The maximum absolute atomic E-state index is 9.73. The van der Waals surface area contributed by atoms with Crippen molar-refractivity contribution in [2.75, 3.05) is 5.43 Å². The molecule has 0 aliphatic heterocycles. The zero-order valence-corrected chi connectivity index (χ0v) is 13.6. The highest BCUT2D eigenvalue weighted by atomic mass is 16.3. The number of nitrogens with zero attached hydrogens (tertiary/aromatic N) is 5. The molecule has 0 aliphatic carbocycles. The molecule has 0 atom stereocenters. The highest BCUT2D eigenvalue weighted by Crippen LogP contribution is 2.26. The summed E-state index contributed by atoms with van der Waals surface area (Å²) in [4.78, 5) is 4.54. The van der Waals surface area contributed by atoms with Gasteiger partial charge in [0.2, 0.25) is 0 Å². The van der Waals surface area contributed by atoms with Gasteiger partial charge in [-0.15, -0.1) is 10.2 Å². The Morgan fingerprint density at radius 1 is 1.12 bits per heavy atom. The maximum atomic E-state index is 9.73. The standard InChI is InChI=1S/C18H16N6O/c1-2-24-14-9-5-4-8-13(14)16-17(24)20-18(23-21-16)22-19-11-12-7-3-6-10-15(12)25/h3-11,25H,2H2,1H3,(H,20,22,23)/b19-11-. The van der Waals surface area contributed by atoms with E-state index in [1.807, 2.05) is 30.3 Å². The largest absolute Gasteiger partial charge is 0.507 e. The predicted molar refractivity (Wildman–Crippen MR) is 97.8 cm³/mol. The number of hydrogen-bond donors (Lipinski definition) is 2. The van der Waals surface area contributed by atoms with Gasteiger partial charge in [-0.2, -0.15) is 10.1 Å². The van der Waals surface area contributed by atoms with E-state index in [2.05, 4.69) is 37.2 Å². The molecule has 7 nitrogen and oxygen atoms in total. The van der Waals surface area contributed by atoms with Gasteiger partial charge < -0.3 is 9.67 Å². The monoisotopic (exact) mass is 332 g/mol. The molecule has 0 saturated heterocycles. The van der Waals surface area contributed by atoms with Crippen molar-refractivity contribution in [3.8, 4) is 5.75 Å². The number of phenols is 1. The van der Waals surface area contributed by atoms with Crippen LogP contribution in [0.5, 0.6) is 5.75 Å². The van der Waals surface area contributed by atoms with Crippen LogP contribution in [0, 0.1) is 0 Å². The number of aromatic hydroxyl groups is 1. The van der Waals surface area contributed by atoms with Crippen LogP contribution in [0.15, 0.2) is 53.6 Å². The van der Waals surface area contributed by atoms with Gasteiger partial charge in [0.15, 0.2) is 5.65 Å². The van der Waals surface area contributed by atoms with Crippen LogP contribution < -0.4 is 5.43 Å². The number of aromatic nitrogens is 4. The molecule has 0 spiro atoms. The van der Waals surface area contributed by atoms with Crippen molar-refractivity contribution in [1.82, 2.24) is 19.7 Å². The lowest BCUT2D eigenvalue weighted by molar-refractivity contribution is 0.474. The first-order valence-electron chi connectivity index (χ1n) is 7.96. The maximum Gasteiger partial charge on any atom is 0.265 e. The van der Waals surface area contributed by atoms with Crippen LogP contribution in [0.3, 0.4) is 0 Å². The first-order chi connectivity index (χ1) is 12.3. The van der Waals surface area contributed by atoms with Crippen molar-refractivity contribution in [2.45, 2.75) is 13.5 Å². The van der Waals surface area contributed by atoms with Crippen LogP contribution in [0.25, 0.3) is 22.1 Å². The molecule has 2 N–H and O–H groups in total. The van der Waals surface area contributed by atoms with Crippen LogP contribution >= 0.6 is 0 Å². The number of phenolic OH excluding ortho intramolecular Hbond substituents is 1. The first-order valence-corrected chi connectivity index (χ1v) is 7.96. The lowest BCUT2D eigenvalue weighted by Gasteiger charge is -2.02. The van der Waals surface area contributed by atoms with Gasteiger partial charge in [-0.1, -0.05) is 30.3 Å². The minimum absolute atomic E-state index is 0.161. The van der Waals surface area contributed by atoms with Crippen molar-refractivity contribution in [3.05, 3.63) is 54.1 Å². The van der Waals surface area contributed by atoms with E-state index in [1.54, 1.807) is 18.2 Å². The molecular weight excluding hydrogens is 316 g/mol. The summed E-state index contributed by atoms with van der Waals surface area (Å²) in [6.45, 7) is 2.85. The second-order valence-corrected chi connectivity index (χ2v) is 5.50. The number of hydrazone groups is 1. The number of benzene rings is 2. The fourth-order valence-electron chi connectivity index (χ4n) is 2.83. The summed E-state index contributed by atoms with van der Waals surface area (Å²) in [7, 11) is 0. The number of nitrogens with one attached hydrogen (secondary N) is 1. The third-order valence-corrected chi connectivity index (χ3v) is 4.00. The van der Waals surface area contributed by atoms with Crippen molar-refractivity contribution < 1.29 is 5.11 Å². The normalized spacial score (nSPS) is 11.6. The number of anilines is 1. The van der Waals surface area contributed by atoms with Gasteiger partial charge in [-0.05, 0) is 25.1 Å². The van der Waals surface area contributed by atoms with Gasteiger partial charge in [-0.25, -0.2) is 5.43 Å². The lowest BCUT2D eigenvalue weighted by Crippen LogP contribution is -2.02. The van der Waals surface area contributed by atoms with E-state index in [-0.39, 0.29) is 5.75 Å². The SMILES string of the molecule is CCn1c2ccccc2c2nnc(N/N=C\c3ccccc3O)nc21. The first kappa shape index (κ1) is 15.1. The fraction of sp³-hybridized carbons (Fsp3) is 0.111. The van der Waals surface area contributed by atoms with Gasteiger partial charge in [0.25, 0.3) is 5.95 Å². The van der Waals surface area contributed by atoms with E-state index in [4.69, 9.17) is 0 Å². The van der Waals surface area contributed by atoms with E-state index < -0.39 is 0 Å². The summed E-state index contributed by atoms with van der Waals surface area (Å²) in [5.41, 5.74) is 5.99. The number of aryl methyl sites for hydroxylation is 1. The molecule has 0 radical (unpaired) electrons. The van der Waals surface area contributed by atoms with E-state index in [1.165, 1.54) is 6.21 Å². The topological polar surface area (TPSA) is 88.2 Å². The Morgan fingerprint density at radius 2 is 1.92 bits per heavy atom. The summed E-state index contributed by atoms with van der Waals surface area (Å²) in [6, 6.07) is 15.0. The third-order valence-electron chi connectivity index (χ3n) is 4.00. The quantitative estimate of drug-likeness (QED) is 0.443. The molecule has 7 heteroatoms. The molecule has 2 aromatic heterocycles. The highest BCUT2D eigenvalue weighted by Gasteiger charge is 2.13. The number of fused-ring (bicyclic) bond motifs is 3. The average molecular weight is 332 g/mol. The van der Waals surface area contributed by atoms with E-state index in [9.17, 15) is 5.11 Å². The Hall–Kier alpha value is -3.48. The van der Waals surface area contributed by atoms with Crippen LogP contribution in [0.2, 0.25) is 0 Å². The fourth-order valence-corrected chi connectivity index (χ4v) is 2.83. The van der Waals surface area contributed by atoms with Crippen LogP contribution in [-0.2, 0) is 6.54 Å². The van der Waals surface area contributed by atoms with Gasteiger partial charge in [0.05, 0.1) is 11.7 Å². The van der Waals surface area contributed by atoms with Crippen LogP contribution in [0.1, 0.15) is 12.5 Å². The molecule has 0 bridgehead atoms. The van der Waals surface area contributed by atoms with E-state index in [0.29, 0.717) is 11.5 Å². The zero-order chi connectivity index (χ0) is 17.2. The molecule has 0 amide bonds. The highest BCUT2D eigenvalue weighted by molar-refractivity contribution is 6.04. The Labute approximate surface area is 143 Å². The summed E-state index contributed by atoms with van der Waals surface area (Å²) in [6.07, 6.45) is 1.51. The van der Waals surface area contributed by atoms with Gasteiger partial charge in [-0.3, -0.25) is 0 Å². The molecule has 2 aromatic carbocycles. The molecular formula is C18H16N6O. The molecule has 4 aromatic rings. The van der Waals surface area contributed by atoms with E-state index in [0.717, 1.165) is 28.6 Å². The minimum atomic E-state index is 0.161. The second-order valence-electron chi connectivity index (χ2n) is 5.50. The van der Waals surface area contributed by atoms with Crippen LogP contribution in [0.4, 0.5) is 5.95 Å².